The van der Waals surface area contributed by atoms with Crippen LogP contribution >= 0.6 is 27.3 Å². The summed E-state index contributed by atoms with van der Waals surface area (Å²) in [7, 11) is 0. The van der Waals surface area contributed by atoms with Gasteiger partial charge in [-0.15, -0.1) is 11.3 Å². The van der Waals surface area contributed by atoms with Crippen molar-refractivity contribution in [3.8, 4) is 0 Å². The number of alkyl halides is 2. The van der Waals surface area contributed by atoms with Crippen molar-refractivity contribution in [3.05, 3.63) is 62.6 Å². The number of carbonyl (C=O) groups is 2. The van der Waals surface area contributed by atoms with Gasteiger partial charge in [-0.25, -0.2) is 18.7 Å². The van der Waals surface area contributed by atoms with Gasteiger partial charge in [0.05, 0.1) is 12.0 Å². The number of nitrogens with one attached hydrogen (secondary N) is 1. The second kappa shape index (κ2) is 7.79. The molecule has 160 valence electrons. The number of fused-ring (bicyclic) bond motifs is 2. The summed E-state index contributed by atoms with van der Waals surface area (Å²) < 4.78 is 29.7. The minimum atomic E-state index is -2.74. The minimum absolute atomic E-state index is 0.0939. The Hall–Kier alpha value is -2.66. The lowest BCUT2D eigenvalue weighted by Gasteiger charge is -2.26. The first kappa shape index (κ1) is 20.3. The summed E-state index contributed by atoms with van der Waals surface area (Å²) in [6, 6.07) is 1.79. The Labute approximate surface area is 188 Å². The molecule has 1 atom stereocenters. The van der Waals surface area contributed by atoms with Gasteiger partial charge < -0.3 is 9.47 Å². The summed E-state index contributed by atoms with van der Waals surface area (Å²) in [5.41, 5.74) is 1.57. The number of aromatic nitrogens is 3. The third-order valence-corrected chi connectivity index (χ3v) is 6.72. The van der Waals surface area contributed by atoms with E-state index in [4.69, 9.17) is 0 Å². The molecule has 0 fully saturated rings. The van der Waals surface area contributed by atoms with Crippen LogP contribution in [0.3, 0.4) is 0 Å². The average molecular weight is 508 g/mol. The number of hydrogen-bond donors (Lipinski definition) is 1. The van der Waals surface area contributed by atoms with Crippen molar-refractivity contribution in [2.45, 2.75) is 38.4 Å². The predicted octanol–water partition coefficient (Wildman–Crippen LogP) is 4.32. The van der Waals surface area contributed by atoms with E-state index in [0.29, 0.717) is 15.3 Å². The van der Waals surface area contributed by atoms with Crippen molar-refractivity contribution in [2.24, 2.45) is 0 Å². The van der Waals surface area contributed by atoms with Gasteiger partial charge in [0.15, 0.2) is 11.2 Å². The molecule has 0 saturated heterocycles. The van der Waals surface area contributed by atoms with Gasteiger partial charge in [0.2, 0.25) is 0 Å². The van der Waals surface area contributed by atoms with E-state index in [1.165, 1.54) is 28.4 Å². The maximum atomic E-state index is 13.7. The van der Waals surface area contributed by atoms with Gasteiger partial charge in [-0.05, 0) is 30.5 Å². The highest BCUT2D eigenvalue weighted by atomic mass is 79.9. The second-order valence-electron chi connectivity index (χ2n) is 7.36. The molecule has 31 heavy (non-hydrogen) atoms. The van der Waals surface area contributed by atoms with Crippen LogP contribution in [0, 0.1) is 0 Å². The van der Waals surface area contributed by atoms with Crippen LogP contribution in [-0.2, 0) is 24.3 Å². The van der Waals surface area contributed by atoms with E-state index in [2.05, 4.69) is 31.2 Å². The Morgan fingerprint density at radius 3 is 2.87 bits per heavy atom. The van der Waals surface area contributed by atoms with Crippen molar-refractivity contribution in [3.63, 3.8) is 0 Å². The molecule has 0 saturated carbocycles. The molecule has 0 unspecified atom stereocenters. The van der Waals surface area contributed by atoms with Crippen molar-refractivity contribution >= 4 is 44.2 Å². The van der Waals surface area contributed by atoms with E-state index in [9.17, 15) is 18.4 Å². The first-order valence-corrected chi connectivity index (χ1v) is 11.3. The Balaban J connectivity index is 1.57. The van der Waals surface area contributed by atoms with Gasteiger partial charge in [-0.3, -0.25) is 14.9 Å². The van der Waals surface area contributed by atoms with Crippen molar-refractivity contribution in [1.82, 2.24) is 19.4 Å². The third-order valence-electron chi connectivity index (χ3n) is 5.58. The molecule has 2 amide bonds. The van der Waals surface area contributed by atoms with E-state index in [-0.39, 0.29) is 23.2 Å². The van der Waals surface area contributed by atoms with Gasteiger partial charge >= 0.3 is 0 Å². The van der Waals surface area contributed by atoms with Gasteiger partial charge in [0.25, 0.3) is 18.2 Å². The topological polar surface area (TPSA) is 80.1 Å². The molecule has 1 N–H and O–H groups in total. The predicted molar refractivity (Wildman–Crippen MR) is 113 cm³/mol. The zero-order chi connectivity index (χ0) is 21.7. The molecule has 7 nitrogen and oxygen atoms in total. The molecule has 2 aliphatic rings. The molecule has 0 spiro atoms. The minimum Gasteiger partial charge on any atom is -0.334 e. The number of amides is 2. The standard InChI is InChI=1S/C20H16BrF2N5O2S/c21-10-6-11(17(22)23)13-8-28(19(30)12(13)7-10)16(18(29)26-20-24-3-5-31-20)15-14-2-1-4-27(14)9-25-15/h3,5-7,9,16-17H,1-2,4,8H2,(H,24,26,29)/t16-/m1/s1. The first-order valence-electron chi connectivity index (χ1n) is 9.59. The van der Waals surface area contributed by atoms with Crippen LogP contribution in [-0.4, -0.2) is 31.2 Å². The summed E-state index contributed by atoms with van der Waals surface area (Å²) in [6.07, 6.45) is 2.14. The van der Waals surface area contributed by atoms with Gasteiger partial charge in [0, 0.05) is 46.0 Å². The number of thiazole rings is 1. The van der Waals surface area contributed by atoms with E-state index in [0.717, 1.165) is 25.1 Å². The van der Waals surface area contributed by atoms with E-state index < -0.39 is 24.3 Å². The molecular weight excluding hydrogens is 492 g/mol. The molecule has 5 rings (SSSR count). The molecule has 0 radical (unpaired) electrons. The normalized spacial score (nSPS) is 16.0. The first-order chi connectivity index (χ1) is 14.9. The molecule has 2 aliphatic heterocycles. The number of halogens is 3. The van der Waals surface area contributed by atoms with Crippen LogP contribution < -0.4 is 5.32 Å². The number of anilines is 1. The van der Waals surface area contributed by atoms with Crippen molar-refractivity contribution in [2.75, 3.05) is 5.32 Å². The fourth-order valence-corrected chi connectivity index (χ4v) is 5.24. The van der Waals surface area contributed by atoms with Gasteiger partial charge in [-0.2, -0.15) is 0 Å². The van der Waals surface area contributed by atoms with Crippen LogP contribution in [0.5, 0.6) is 0 Å². The number of imidazole rings is 1. The fraction of sp³-hybridized carbons (Fsp3) is 0.300. The second-order valence-corrected chi connectivity index (χ2v) is 9.17. The molecule has 2 aromatic heterocycles. The highest BCUT2D eigenvalue weighted by Gasteiger charge is 2.42. The Morgan fingerprint density at radius 2 is 2.13 bits per heavy atom. The lowest BCUT2D eigenvalue weighted by Crippen LogP contribution is -2.38. The van der Waals surface area contributed by atoms with E-state index >= 15 is 0 Å². The third kappa shape index (κ3) is 3.45. The van der Waals surface area contributed by atoms with Crippen molar-refractivity contribution in [1.29, 1.82) is 0 Å². The highest BCUT2D eigenvalue weighted by molar-refractivity contribution is 9.10. The molecule has 3 aromatic rings. The lowest BCUT2D eigenvalue weighted by atomic mass is 10.0. The van der Waals surface area contributed by atoms with Gasteiger partial charge in [0.1, 0.15) is 0 Å². The van der Waals surface area contributed by atoms with Crippen LogP contribution in [0.25, 0.3) is 0 Å². The van der Waals surface area contributed by atoms with Crippen molar-refractivity contribution < 1.29 is 18.4 Å². The molecule has 4 heterocycles. The van der Waals surface area contributed by atoms with E-state index in [1.54, 1.807) is 17.9 Å². The van der Waals surface area contributed by atoms with Crippen LogP contribution in [0.1, 0.15) is 51.8 Å². The number of benzene rings is 1. The zero-order valence-electron chi connectivity index (χ0n) is 16.0. The molecule has 1 aromatic carbocycles. The molecule has 0 aliphatic carbocycles. The summed E-state index contributed by atoms with van der Waals surface area (Å²) in [4.78, 5) is 36.5. The van der Waals surface area contributed by atoms with Crippen LogP contribution in [0.4, 0.5) is 13.9 Å². The summed E-state index contributed by atoms with van der Waals surface area (Å²) in [6.45, 7) is 0.698. The average Bonchev–Trinajstić information content (AvgIpc) is 3.50. The number of carbonyl (C=O) groups excluding carboxylic acids is 2. The maximum Gasteiger partial charge on any atom is 0.264 e. The summed E-state index contributed by atoms with van der Waals surface area (Å²) in [5.74, 6) is -0.945. The smallest absolute Gasteiger partial charge is 0.264 e. The Bertz CT molecular complexity index is 1180. The van der Waals surface area contributed by atoms with Crippen LogP contribution in [0.2, 0.25) is 0 Å². The zero-order valence-corrected chi connectivity index (χ0v) is 18.4. The van der Waals surface area contributed by atoms with Gasteiger partial charge in [-0.1, -0.05) is 15.9 Å². The fourth-order valence-electron chi connectivity index (χ4n) is 4.23. The number of rotatable bonds is 5. The highest BCUT2D eigenvalue weighted by Crippen LogP contribution is 2.39. The molecular formula is C20H16BrF2N5O2S. The van der Waals surface area contributed by atoms with E-state index in [1.807, 2.05) is 4.57 Å². The largest absolute Gasteiger partial charge is 0.334 e. The number of hydrogen-bond acceptors (Lipinski definition) is 5. The monoisotopic (exact) mass is 507 g/mol. The SMILES string of the molecule is O=C(Nc1nccs1)[C@@H](c1ncn2c1CCC2)N1Cc2c(cc(Br)cc2C(F)F)C1=O. The lowest BCUT2D eigenvalue weighted by molar-refractivity contribution is -0.121. The quantitative estimate of drug-likeness (QED) is 0.557. The van der Waals surface area contributed by atoms with Crippen LogP contribution in [0.15, 0.2) is 34.5 Å². The molecule has 0 bridgehead atoms. The number of nitrogens with zero attached hydrogens (tertiary/aromatic N) is 4. The Morgan fingerprint density at radius 1 is 1.29 bits per heavy atom. The molecule has 11 heteroatoms. The number of aryl methyl sites for hydroxylation is 1. The summed E-state index contributed by atoms with van der Waals surface area (Å²) >= 11 is 4.46. The maximum absolute atomic E-state index is 13.7. The summed E-state index contributed by atoms with van der Waals surface area (Å²) in [5, 5.41) is 4.86. The Kier molecular flexibility index (Phi) is 5.09.